The van der Waals surface area contributed by atoms with E-state index in [1.807, 2.05) is 0 Å². The van der Waals surface area contributed by atoms with Gasteiger partial charge in [0.1, 0.15) is 183 Å². The second-order valence-corrected chi connectivity index (χ2v) is 23.8. The van der Waals surface area contributed by atoms with Crippen LogP contribution in [0.3, 0.4) is 0 Å². The summed E-state index contributed by atoms with van der Waals surface area (Å²) in [6, 6.07) is -3.83. The van der Waals surface area contributed by atoms with Gasteiger partial charge in [-0.15, -0.1) is 0 Å². The molecule has 8 aliphatic rings. The molecule has 93 heavy (non-hydrogen) atoms. The van der Waals surface area contributed by atoms with Crippen molar-refractivity contribution in [2.45, 2.75) is 273 Å². The molecule has 40 atom stereocenters. The lowest BCUT2D eigenvalue weighted by Crippen LogP contribution is -2.72. The third kappa shape index (κ3) is 16.2. The van der Waals surface area contributed by atoms with Gasteiger partial charge in [-0.2, -0.15) is 0 Å². The number of ether oxygens (including phenoxy) is 15. The third-order valence-corrected chi connectivity index (χ3v) is 17.4. The third-order valence-electron chi connectivity index (χ3n) is 17.4. The Morgan fingerprint density at radius 2 is 0.602 bits per heavy atom. The number of aliphatic hydroxyl groups excluding tert-OH is 22. The van der Waals surface area contributed by atoms with Gasteiger partial charge in [0, 0.05) is 13.8 Å². The monoisotopic (exact) mass is 1360 g/mol. The summed E-state index contributed by atoms with van der Waals surface area (Å²) >= 11 is 0. The van der Waals surface area contributed by atoms with Crippen molar-refractivity contribution in [1.29, 1.82) is 0 Å². The standard InChI is InChI=1S/C52H88N2O39/c1-11-23(63)29(69)34(74)48(79-11)90-41-22(54-14(4)62)47(86-20(10-60)40(41)89-52-44(31(71)25(65)15(5-55)84-52)93-49-35(75)30(70)24(64)12(2)80-49)92-43-27(67)17(7-57)82-50(37(43)77)87-38-19(9-59)85-46(21(28(38)68)53-13(3)61)91-42-26(66)16(6-56)83-51(36(42)76)88-39-18(8-58)81-45(78)33(73)32(39)72/h11-12,15-52,55-60,63-78H,5-10H2,1-4H3,(H,53,61)(H,54,62)/t11-,12-,15+,16+,17+,18+,19+,20+,21+,22+,23+,24+,25-,26-,27-,28+,29+,30+,31-,32+,33+,34-,35-,36+,37+,38+,39+,40+,41+,42-,43-,44+,45+,46-,47-,48-,49-,50-,51-,52-/m0/s1. The van der Waals surface area contributed by atoms with Gasteiger partial charge in [0.05, 0.1) is 51.8 Å². The molecule has 0 unspecified atom stereocenters. The SMILES string of the molecule is CC(=O)N[C@H]1[C@H](O[C@H]2[C@@H](O)[C@@H](CO)O[C@@H](O[C@H]3[C@H](O)[C@@H](O)[C@H](O)O[C@@H]3CO)[C@@H]2O)O[C@H](CO)[C@@H](O[C@@H]2O[C@H](CO)[C@H](O)[C@H](O[C@@H]3O[C@H](CO)[C@@H](O[C@@H]4O[C@H](CO)[C@H](O)[C@H](O)[C@H]4O[C@@H]4O[C@@H](C)[C@@H](O)[C@@H](O)[C@@H]4O)[C@H](O[C@@H]4O[C@@H](C)[C@@H](O)[C@@H](O)[C@@H]4O)[C@H]3NC(C)=O)[C@H]2O)[C@@H]1O. The van der Waals surface area contributed by atoms with Crippen molar-refractivity contribution in [1.82, 2.24) is 10.6 Å². The highest BCUT2D eigenvalue weighted by Crippen LogP contribution is 2.40. The van der Waals surface area contributed by atoms with Crippen LogP contribution in [0.1, 0.15) is 27.7 Å². The van der Waals surface area contributed by atoms with Crippen LogP contribution in [0.4, 0.5) is 0 Å². The predicted octanol–water partition coefficient (Wildman–Crippen LogP) is -16.1. The maximum absolute atomic E-state index is 13.3. The van der Waals surface area contributed by atoms with Gasteiger partial charge in [0.2, 0.25) is 11.8 Å². The van der Waals surface area contributed by atoms with Gasteiger partial charge in [-0.25, -0.2) is 0 Å². The van der Waals surface area contributed by atoms with Crippen LogP contribution < -0.4 is 10.6 Å². The van der Waals surface area contributed by atoms with Crippen molar-refractivity contribution in [2.24, 2.45) is 0 Å². The Balaban J connectivity index is 1.08. The number of hydrogen-bond acceptors (Lipinski definition) is 39. The summed E-state index contributed by atoms with van der Waals surface area (Å²) in [5, 5.41) is 245. The predicted molar refractivity (Wildman–Crippen MR) is 285 cm³/mol. The van der Waals surface area contributed by atoms with E-state index in [1.165, 1.54) is 13.8 Å². The second-order valence-electron chi connectivity index (χ2n) is 23.8. The molecule has 8 fully saturated rings. The highest BCUT2D eigenvalue weighted by molar-refractivity contribution is 5.73. The summed E-state index contributed by atoms with van der Waals surface area (Å²) in [6.07, 6.45) is -74.3. The molecule has 0 aromatic carbocycles. The summed E-state index contributed by atoms with van der Waals surface area (Å²) in [7, 11) is 0. The van der Waals surface area contributed by atoms with E-state index < -0.39 is 297 Å². The fourth-order valence-electron chi connectivity index (χ4n) is 12.2. The molecule has 0 bridgehead atoms. The van der Waals surface area contributed by atoms with Crippen molar-refractivity contribution in [3.63, 3.8) is 0 Å². The average Bonchev–Trinajstić information content (AvgIpc) is 0.844. The molecule has 41 heteroatoms. The summed E-state index contributed by atoms with van der Waals surface area (Å²) in [4.78, 5) is 26.1. The lowest BCUT2D eigenvalue weighted by Gasteiger charge is -2.52. The molecule has 24 N–H and O–H groups in total. The van der Waals surface area contributed by atoms with Crippen LogP contribution >= 0.6 is 0 Å². The zero-order valence-electron chi connectivity index (χ0n) is 50.1. The van der Waals surface area contributed by atoms with Gasteiger partial charge in [0.15, 0.2) is 50.3 Å². The van der Waals surface area contributed by atoms with Gasteiger partial charge < -0.3 is 194 Å². The van der Waals surface area contributed by atoms with Crippen LogP contribution in [-0.4, -0.2) is 409 Å². The summed E-state index contributed by atoms with van der Waals surface area (Å²) in [5.41, 5.74) is 0. The van der Waals surface area contributed by atoms with Crippen LogP contribution in [0.2, 0.25) is 0 Å². The molecular weight excluding hydrogens is 1280 g/mol. The highest BCUT2D eigenvalue weighted by Gasteiger charge is 2.61. The van der Waals surface area contributed by atoms with E-state index in [1.54, 1.807) is 0 Å². The number of carbonyl (C=O) groups is 2. The normalized spacial score (nSPS) is 51.6. The average molecular weight is 1370 g/mol. The van der Waals surface area contributed by atoms with Gasteiger partial charge in [-0.1, -0.05) is 0 Å². The van der Waals surface area contributed by atoms with Crippen molar-refractivity contribution < 1.29 is 193 Å². The largest absolute Gasteiger partial charge is 0.394 e. The maximum Gasteiger partial charge on any atom is 0.217 e. The highest BCUT2D eigenvalue weighted by atomic mass is 16.8. The van der Waals surface area contributed by atoms with E-state index in [0.29, 0.717) is 0 Å². The Morgan fingerprint density at radius 3 is 1.05 bits per heavy atom. The zero-order valence-corrected chi connectivity index (χ0v) is 50.1. The van der Waals surface area contributed by atoms with Crippen molar-refractivity contribution >= 4 is 11.8 Å². The van der Waals surface area contributed by atoms with E-state index in [-0.39, 0.29) is 0 Å². The van der Waals surface area contributed by atoms with Gasteiger partial charge in [-0.05, 0) is 13.8 Å². The van der Waals surface area contributed by atoms with Crippen LogP contribution in [0.25, 0.3) is 0 Å². The molecule has 2 amide bonds. The number of amides is 2. The molecular formula is C52H88N2O39. The lowest BCUT2D eigenvalue weighted by atomic mass is 9.93. The fraction of sp³-hybridized carbons (Fsp3) is 0.962. The van der Waals surface area contributed by atoms with E-state index in [9.17, 15) is 122 Å². The lowest BCUT2D eigenvalue weighted by molar-refractivity contribution is -0.401. The Hall–Kier alpha value is -2.54. The Labute approximate surface area is 527 Å². The van der Waals surface area contributed by atoms with Crippen LogP contribution in [0.15, 0.2) is 0 Å². The number of rotatable bonds is 22. The molecule has 0 radical (unpaired) electrons. The van der Waals surface area contributed by atoms with Gasteiger partial charge in [0.25, 0.3) is 0 Å². The smallest absolute Gasteiger partial charge is 0.217 e. The molecule has 8 heterocycles. The van der Waals surface area contributed by atoms with E-state index >= 15 is 0 Å². The van der Waals surface area contributed by atoms with Gasteiger partial charge in [-0.3, -0.25) is 9.59 Å². The van der Waals surface area contributed by atoms with Crippen molar-refractivity contribution in [3.8, 4) is 0 Å². The van der Waals surface area contributed by atoms with Gasteiger partial charge >= 0.3 is 0 Å². The first kappa shape index (κ1) is 76.2. The minimum absolute atomic E-state index is 0.908. The number of hydrogen-bond donors (Lipinski definition) is 24. The first-order valence-electron chi connectivity index (χ1n) is 29.9. The minimum atomic E-state index is -2.37. The molecule has 8 rings (SSSR count). The molecule has 0 spiro atoms. The Bertz CT molecular complexity index is 2350. The summed E-state index contributed by atoms with van der Waals surface area (Å²) in [6.45, 7) is -1.93. The second kappa shape index (κ2) is 32.6. The first-order chi connectivity index (χ1) is 43.9. The zero-order chi connectivity index (χ0) is 68.5. The Kier molecular flexibility index (Phi) is 26.7. The summed E-state index contributed by atoms with van der Waals surface area (Å²) < 4.78 is 88.1. The van der Waals surface area contributed by atoms with Crippen molar-refractivity contribution in [3.05, 3.63) is 0 Å². The van der Waals surface area contributed by atoms with E-state index in [0.717, 1.165) is 13.8 Å². The molecule has 0 saturated carbocycles. The molecule has 540 valence electrons. The number of nitrogens with one attached hydrogen (secondary N) is 2. The van der Waals surface area contributed by atoms with Crippen LogP contribution in [0.5, 0.6) is 0 Å². The van der Waals surface area contributed by atoms with Crippen LogP contribution in [-0.2, 0) is 80.6 Å². The van der Waals surface area contributed by atoms with Crippen molar-refractivity contribution in [2.75, 3.05) is 39.6 Å². The van der Waals surface area contributed by atoms with Crippen LogP contribution in [0, 0.1) is 0 Å². The molecule has 0 aromatic rings. The number of aliphatic hydroxyl groups is 22. The molecule has 0 aliphatic carbocycles. The molecule has 8 saturated heterocycles. The van der Waals surface area contributed by atoms with E-state index in [4.69, 9.17) is 71.1 Å². The summed E-state index contributed by atoms with van der Waals surface area (Å²) in [5.74, 6) is -1.86. The minimum Gasteiger partial charge on any atom is -0.394 e. The topological polar surface area (TPSA) is 642 Å². The fourth-order valence-corrected chi connectivity index (χ4v) is 12.2. The maximum atomic E-state index is 13.3. The molecule has 41 nitrogen and oxygen atoms in total. The van der Waals surface area contributed by atoms with E-state index in [2.05, 4.69) is 10.6 Å². The Morgan fingerprint density at radius 1 is 0.280 bits per heavy atom. The molecule has 8 aliphatic heterocycles. The quantitative estimate of drug-likeness (QED) is 0.0479. The molecule has 0 aromatic heterocycles. The number of carbonyl (C=O) groups excluding carboxylic acids is 2. The first-order valence-corrected chi connectivity index (χ1v) is 29.9.